The number of urea groups is 1. The number of benzene rings is 2. The third kappa shape index (κ3) is 3.76. The molecule has 1 heterocycles. The molecule has 0 saturated carbocycles. The zero-order valence-electron chi connectivity index (χ0n) is 15.1. The zero-order valence-corrected chi connectivity index (χ0v) is 15.1. The predicted molar refractivity (Wildman–Crippen MR) is 98.3 cm³/mol. The number of fused-ring (bicyclic) bond motifs is 1. The van der Waals surface area contributed by atoms with Gasteiger partial charge in [0.25, 0.3) is 0 Å². The fourth-order valence-electron chi connectivity index (χ4n) is 3.15. The van der Waals surface area contributed by atoms with E-state index in [4.69, 9.17) is 9.47 Å². The van der Waals surface area contributed by atoms with Crippen molar-refractivity contribution in [3.63, 3.8) is 0 Å². The Morgan fingerprint density at radius 3 is 2.33 bits per heavy atom. The summed E-state index contributed by atoms with van der Waals surface area (Å²) in [4.78, 5) is 38.5. The minimum absolute atomic E-state index is 0.236. The van der Waals surface area contributed by atoms with Crippen LogP contribution in [0.5, 0.6) is 0 Å². The number of methoxy groups -OCH3 is 2. The molecule has 1 N–H and O–H groups in total. The highest BCUT2D eigenvalue weighted by molar-refractivity contribution is 6.01. The van der Waals surface area contributed by atoms with Gasteiger partial charge in [-0.15, -0.1) is 0 Å². The van der Waals surface area contributed by atoms with Crippen molar-refractivity contribution < 1.29 is 23.9 Å². The Morgan fingerprint density at radius 1 is 0.963 bits per heavy atom. The maximum absolute atomic E-state index is 12.9. The van der Waals surface area contributed by atoms with Crippen LogP contribution in [-0.2, 0) is 27.2 Å². The van der Waals surface area contributed by atoms with Crippen molar-refractivity contribution in [2.75, 3.05) is 19.5 Å². The van der Waals surface area contributed by atoms with Gasteiger partial charge in [0.15, 0.2) is 0 Å². The van der Waals surface area contributed by atoms with Crippen molar-refractivity contribution >= 4 is 23.7 Å². The number of carbonyl (C=O) groups is 3. The lowest BCUT2D eigenvalue weighted by atomic mass is 9.94. The van der Waals surface area contributed by atoms with E-state index in [0.717, 1.165) is 11.1 Å². The van der Waals surface area contributed by atoms with Crippen LogP contribution in [-0.4, -0.2) is 43.1 Å². The van der Waals surface area contributed by atoms with E-state index < -0.39 is 24.0 Å². The minimum atomic E-state index is -0.741. The van der Waals surface area contributed by atoms with Gasteiger partial charge < -0.3 is 19.7 Å². The molecule has 2 aromatic carbocycles. The molecule has 2 amide bonds. The third-order valence-corrected chi connectivity index (χ3v) is 4.56. The summed E-state index contributed by atoms with van der Waals surface area (Å²) >= 11 is 0. The molecule has 0 saturated heterocycles. The van der Waals surface area contributed by atoms with Crippen molar-refractivity contribution in [1.29, 1.82) is 0 Å². The van der Waals surface area contributed by atoms with E-state index in [0.29, 0.717) is 12.1 Å². The smallest absolute Gasteiger partial charge is 0.339 e. The number of rotatable bonds is 3. The first kappa shape index (κ1) is 18.4. The lowest BCUT2D eigenvalue weighted by Crippen LogP contribution is -2.50. The highest BCUT2D eigenvalue weighted by Gasteiger charge is 2.35. The molecule has 3 rings (SSSR count). The van der Waals surface area contributed by atoms with Crippen LogP contribution < -0.4 is 5.32 Å². The van der Waals surface area contributed by atoms with Crippen LogP contribution in [0.3, 0.4) is 0 Å². The molecule has 7 nitrogen and oxygen atoms in total. The number of hydrogen-bond acceptors (Lipinski definition) is 5. The highest BCUT2D eigenvalue weighted by atomic mass is 16.5. The number of ether oxygens (including phenoxy) is 2. The summed E-state index contributed by atoms with van der Waals surface area (Å²) in [7, 11) is 2.57. The van der Waals surface area contributed by atoms with Crippen LogP contribution >= 0.6 is 0 Å². The number of amides is 2. The maximum Gasteiger partial charge on any atom is 0.339 e. The number of nitrogens with zero attached hydrogens (tertiary/aromatic N) is 1. The highest BCUT2D eigenvalue weighted by Crippen LogP contribution is 2.25. The molecule has 0 spiro atoms. The molecule has 0 aromatic heterocycles. The van der Waals surface area contributed by atoms with E-state index in [1.54, 1.807) is 24.3 Å². The molecule has 2 aromatic rings. The largest absolute Gasteiger partial charge is 0.467 e. The second kappa shape index (κ2) is 7.90. The number of esters is 2. The van der Waals surface area contributed by atoms with Gasteiger partial charge in [0.2, 0.25) is 0 Å². The molecule has 7 heteroatoms. The number of nitrogens with one attached hydrogen (secondary N) is 1. The first-order valence-corrected chi connectivity index (χ1v) is 8.44. The van der Waals surface area contributed by atoms with E-state index >= 15 is 0 Å². The summed E-state index contributed by atoms with van der Waals surface area (Å²) in [6.45, 7) is 0.266. The first-order chi connectivity index (χ1) is 13.0. The lowest BCUT2D eigenvalue weighted by molar-refractivity contribution is -0.146. The van der Waals surface area contributed by atoms with Crippen LogP contribution in [0.2, 0.25) is 0 Å². The van der Waals surface area contributed by atoms with E-state index in [2.05, 4.69) is 5.32 Å². The molecule has 0 unspecified atom stereocenters. The lowest BCUT2D eigenvalue weighted by Gasteiger charge is -2.35. The van der Waals surface area contributed by atoms with Gasteiger partial charge in [-0.1, -0.05) is 36.4 Å². The van der Waals surface area contributed by atoms with Crippen molar-refractivity contribution in [2.45, 2.75) is 19.0 Å². The van der Waals surface area contributed by atoms with E-state index in [1.807, 2.05) is 24.3 Å². The second-order valence-electron chi connectivity index (χ2n) is 6.11. The van der Waals surface area contributed by atoms with Crippen molar-refractivity contribution in [3.05, 3.63) is 65.2 Å². The Balaban J connectivity index is 1.89. The number of hydrogen-bond donors (Lipinski definition) is 1. The molecule has 0 aliphatic carbocycles. The van der Waals surface area contributed by atoms with Crippen molar-refractivity contribution in [1.82, 2.24) is 4.90 Å². The predicted octanol–water partition coefficient (Wildman–Crippen LogP) is 2.61. The topological polar surface area (TPSA) is 84.9 Å². The fraction of sp³-hybridized carbons (Fsp3) is 0.250. The van der Waals surface area contributed by atoms with Gasteiger partial charge >= 0.3 is 18.0 Å². The Bertz CT molecular complexity index is 880. The maximum atomic E-state index is 12.9. The van der Waals surface area contributed by atoms with E-state index in [-0.39, 0.29) is 12.1 Å². The van der Waals surface area contributed by atoms with Gasteiger partial charge in [-0.25, -0.2) is 14.4 Å². The molecule has 1 atom stereocenters. The molecule has 0 fully saturated rings. The first-order valence-electron chi connectivity index (χ1n) is 8.44. The van der Waals surface area contributed by atoms with Crippen LogP contribution in [0.4, 0.5) is 10.5 Å². The fourth-order valence-corrected chi connectivity index (χ4v) is 3.15. The SMILES string of the molecule is COC(=O)c1ccccc1NC(=O)N1Cc2ccccc2C[C@@H]1C(=O)OC. The average molecular weight is 368 g/mol. The van der Waals surface area contributed by atoms with Gasteiger partial charge in [0.05, 0.1) is 25.5 Å². The Kier molecular flexibility index (Phi) is 5.40. The normalized spacial score (nSPS) is 15.5. The number of carbonyl (C=O) groups excluding carboxylic acids is 3. The molecule has 0 radical (unpaired) electrons. The Labute approximate surface area is 156 Å². The summed E-state index contributed by atoms with van der Waals surface area (Å²) in [5.41, 5.74) is 2.53. The summed E-state index contributed by atoms with van der Waals surface area (Å²) in [6, 6.07) is 13.0. The molecular weight excluding hydrogens is 348 g/mol. The van der Waals surface area contributed by atoms with Gasteiger partial charge in [0.1, 0.15) is 6.04 Å². The minimum Gasteiger partial charge on any atom is -0.467 e. The summed E-state index contributed by atoms with van der Waals surface area (Å²) < 4.78 is 9.63. The van der Waals surface area contributed by atoms with Crippen LogP contribution in [0, 0.1) is 0 Å². The number of para-hydroxylation sites is 1. The molecule has 0 bridgehead atoms. The van der Waals surface area contributed by atoms with Gasteiger partial charge in [-0.2, -0.15) is 0 Å². The number of anilines is 1. The molecule has 1 aliphatic heterocycles. The van der Waals surface area contributed by atoms with Crippen LogP contribution in [0.1, 0.15) is 21.5 Å². The van der Waals surface area contributed by atoms with Crippen LogP contribution in [0.25, 0.3) is 0 Å². The quantitative estimate of drug-likeness (QED) is 0.842. The van der Waals surface area contributed by atoms with E-state index in [1.165, 1.54) is 19.1 Å². The molecule has 1 aliphatic rings. The molecule has 140 valence electrons. The third-order valence-electron chi connectivity index (χ3n) is 4.56. The zero-order chi connectivity index (χ0) is 19.4. The van der Waals surface area contributed by atoms with Crippen molar-refractivity contribution in [3.8, 4) is 0 Å². The van der Waals surface area contributed by atoms with Crippen LogP contribution in [0.15, 0.2) is 48.5 Å². The summed E-state index contributed by atoms with van der Waals surface area (Å²) in [5, 5.41) is 2.71. The monoisotopic (exact) mass is 368 g/mol. The standard InChI is InChI=1S/C20H20N2O5/c1-26-18(23)15-9-5-6-10-16(15)21-20(25)22-12-14-8-4-3-7-13(14)11-17(22)19(24)27-2/h3-10,17H,11-12H2,1-2H3,(H,21,25)/t17-/m1/s1. The second-order valence-corrected chi connectivity index (χ2v) is 6.11. The van der Waals surface area contributed by atoms with Gasteiger partial charge in [-0.3, -0.25) is 0 Å². The van der Waals surface area contributed by atoms with Gasteiger partial charge in [0, 0.05) is 13.0 Å². The Morgan fingerprint density at radius 2 is 1.63 bits per heavy atom. The van der Waals surface area contributed by atoms with Crippen molar-refractivity contribution in [2.24, 2.45) is 0 Å². The Hall–Kier alpha value is -3.35. The van der Waals surface area contributed by atoms with Gasteiger partial charge in [-0.05, 0) is 23.3 Å². The summed E-state index contributed by atoms with van der Waals surface area (Å²) in [5.74, 6) is -1.04. The molecule has 27 heavy (non-hydrogen) atoms. The summed E-state index contributed by atoms with van der Waals surface area (Å²) in [6.07, 6.45) is 0.370. The molecular formula is C20H20N2O5. The average Bonchev–Trinajstić information content (AvgIpc) is 2.71. The van der Waals surface area contributed by atoms with E-state index in [9.17, 15) is 14.4 Å².